The molecule has 0 spiro atoms. The average molecular weight is 368 g/mol. The van der Waals surface area contributed by atoms with Crippen LogP contribution in [0.5, 0.6) is 5.75 Å². The number of carbonyl (C=O) groups is 2. The standard InChI is InChI=1S/C17H15Cl2NO4/c1-10(16(21)20-13-8-3-4-9-14(13)23-2)24-17(22)15-11(18)6-5-7-12(15)19/h3-10H,1-2H3,(H,20,21)/t10-/m1/s1. The molecule has 0 saturated heterocycles. The van der Waals surface area contributed by atoms with Gasteiger partial charge in [0.2, 0.25) is 0 Å². The van der Waals surface area contributed by atoms with Gasteiger partial charge in [-0.2, -0.15) is 0 Å². The molecule has 7 heteroatoms. The Morgan fingerprint density at radius 3 is 2.29 bits per heavy atom. The number of esters is 1. The second-order valence-electron chi connectivity index (χ2n) is 4.83. The van der Waals surface area contributed by atoms with E-state index >= 15 is 0 Å². The molecule has 2 rings (SSSR count). The molecule has 1 amide bonds. The molecular weight excluding hydrogens is 353 g/mol. The van der Waals surface area contributed by atoms with Gasteiger partial charge in [-0.25, -0.2) is 4.79 Å². The first-order chi connectivity index (χ1) is 11.4. The summed E-state index contributed by atoms with van der Waals surface area (Å²) in [7, 11) is 1.49. The number of ether oxygens (including phenoxy) is 2. The van der Waals surface area contributed by atoms with Crippen molar-refractivity contribution in [2.75, 3.05) is 12.4 Å². The van der Waals surface area contributed by atoms with Crippen LogP contribution < -0.4 is 10.1 Å². The lowest BCUT2D eigenvalue weighted by Crippen LogP contribution is -2.30. The molecule has 0 saturated carbocycles. The molecule has 0 bridgehead atoms. The summed E-state index contributed by atoms with van der Waals surface area (Å²) in [5.74, 6) is -0.775. The highest BCUT2D eigenvalue weighted by Crippen LogP contribution is 2.26. The number of methoxy groups -OCH3 is 1. The van der Waals surface area contributed by atoms with E-state index in [-0.39, 0.29) is 15.6 Å². The van der Waals surface area contributed by atoms with Gasteiger partial charge in [-0.05, 0) is 31.2 Å². The summed E-state index contributed by atoms with van der Waals surface area (Å²) < 4.78 is 10.3. The van der Waals surface area contributed by atoms with Crippen molar-refractivity contribution in [3.05, 3.63) is 58.1 Å². The van der Waals surface area contributed by atoms with Gasteiger partial charge in [-0.1, -0.05) is 41.4 Å². The summed E-state index contributed by atoms with van der Waals surface area (Å²) in [4.78, 5) is 24.4. The zero-order chi connectivity index (χ0) is 17.7. The van der Waals surface area contributed by atoms with Crippen molar-refractivity contribution in [1.82, 2.24) is 0 Å². The fourth-order valence-corrected chi connectivity index (χ4v) is 2.50. The minimum atomic E-state index is -1.05. The molecule has 0 radical (unpaired) electrons. The Bertz CT molecular complexity index is 744. The summed E-state index contributed by atoms with van der Waals surface area (Å²) in [6.07, 6.45) is -1.05. The van der Waals surface area contributed by atoms with Crippen molar-refractivity contribution in [3.8, 4) is 5.75 Å². The summed E-state index contributed by atoms with van der Waals surface area (Å²) in [6.45, 7) is 1.45. The Labute approximate surface area is 149 Å². The van der Waals surface area contributed by atoms with Crippen LogP contribution in [0.4, 0.5) is 5.69 Å². The maximum absolute atomic E-state index is 12.2. The number of hydrogen-bond donors (Lipinski definition) is 1. The van der Waals surface area contributed by atoms with Crippen LogP contribution in [0.15, 0.2) is 42.5 Å². The van der Waals surface area contributed by atoms with Gasteiger partial charge in [0.15, 0.2) is 6.10 Å². The predicted molar refractivity (Wildman–Crippen MR) is 93.0 cm³/mol. The minimum Gasteiger partial charge on any atom is -0.495 e. The molecule has 5 nitrogen and oxygen atoms in total. The normalized spacial score (nSPS) is 11.5. The Morgan fingerprint density at radius 1 is 1.04 bits per heavy atom. The Balaban J connectivity index is 2.07. The fourth-order valence-electron chi connectivity index (χ4n) is 1.95. The number of benzene rings is 2. The molecule has 0 aliphatic rings. The van der Waals surface area contributed by atoms with Crippen LogP contribution >= 0.6 is 23.2 Å². The van der Waals surface area contributed by atoms with Gasteiger partial charge in [-0.3, -0.25) is 4.79 Å². The third-order valence-electron chi connectivity index (χ3n) is 3.18. The van der Waals surface area contributed by atoms with Gasteiger partial charge in [0.05, 0.1) is 28.4 Å². The topological polar surface area (TPSA) is 64.6 Å². The molecule has 2 aromatic rings. The zero-order valence-corrected chi connectivity index (χ0v) is 14.5. The molecule has 126 valence electrons. The Morgan fingerprint density at radius 2 is 1.67 bits per heavy atom. The van der Waals surface area contributed by atoms with Crippen molar-refractivity contribution in [2.24, 2.45) is 0 Å². The number of para-hydroxylation sites is 2. The molecule has 1 atom stereocenters. The highest BCUT2D eigenvalue weighted by molar-refractivity contribution is 6.39. The maximum atomic E-state index is 12.2. The van der Waals surface area contributed by atoms with Gasteiger partial charge in [0.1, 0.15) is 5.75 Å². The summed E-state index contributed by atoms with van der Waals surface area (Å²) in [6, 6.07) is 11.5. The monoisotopic (exact) mass is 367 g/mol. The van der Waals surface area contributed by atoms with Crippen LogP contribution in [-0.4, -0.2) is 25.1 Å². The fraction of sp³-hybridized carbons (Fsp3) is 0.176. The SMILES string of the molecule is COc1ccccc1NC(=O)[C@@H](C)OC(=O)c1c(Cl)cccc1Cl. The van der Waals surface area contributed by atoms with E-state index in [2.05, 4.69) is 5.32 Å². The zero-order valence-electron chi connectivity index (χ0n) is 13.0. The summed E-state index contributed by atoms with van der Waals surface area (Å²) in [5.41, 5.74) is 0.501. The third kappa shape index (κ3) is 4.19. The first kappa shape index (κ1) is 18.1. The number of carbonyl (C=O) groups excluding carboxylic acids is 2. The number of rotatable bonds is 5. The van der Waals surface area contributed by atoms with Crippen molar-refractivity contribution >= 4 is 40.8 Å². The molecule has 2 aromatic carbocycles. The van der Waals surface area contributed by atoms with Crippen LogP contribution in [-0.2, 0) is 9.53 Å². The van der Waals surface area contributed by atoms with Gasteiger partial charge < -0.3 is 14.8 Å². The van der Waals surface area contributed by atoms with E-state index in [1.165, 1.54) is 26.2 Å². The lowest BCUT2D eigenvalue weighted by atomic mass is 10.2. The van der Waals surface area contributed by atoms with Crippen LogP contribution in [0.25, 0.3) is 0 Å². The highest BCUT2D eigenvalue weighted by Gasteiger charge is 2.23. The van der Waals surface area contributed by atoms with Gasteiger partial charge >= 0.3 is 5.97 Å². The van der Waals surface area contributed by atoms with Crippen LogP contribution in [0.3, 0.4) is 0 Å². The number of amides is 1. The van der Waals surface area contributed by atoms with E-state index in [0.717, 1.165) is 0 Å². The minimum absolute atomic E-state index is 0.0257. The molecule has 0 fully saturated rings. The van der Waals surface area contributed by atoms with E-state index in [9.17, 15) is 9.59 Å². The van der Waals surface area contributed by atoms with Crippen LogP contribution in [0, 0.1) is 0 Å². The van der Waals surface area contributed by atoms with Crippen LogP contribution in [0.1, 0.15) is 17.3 Å². The molecule has 0 aromatic heterocycles. The molecule has 1 N–H and O–H groups in total. The van der Waals surface area contributed by atoms with E-state index in [1.807, 2.05) is 0 Å². The summed E-state index contributed by atoms with van der Waals surface area (Å²) in [5, 5.41) is 2.95. The number of halogens is 2. The lowest BCUT2D eigenvalue weighted by Gasteiger charge is -2.15. The second-order valence-corrected chi connectivity index (χ2v) is 5.65. The molecule has 0 aliphatic heterocycles. The van der Waals surface area contributed by atoms with Gasteiger partial charge in [-0.15, -0.1) is 0 Å². The lowest BCUT2D eigenvalue weighted by molar-refractivity contribution is -0.123. The Hall–Kier alpha value is -2.24. The first-order valence-corrected chi connectivity index (χ1v) is 7.78. The van der Waals surface area contributed by atoms with E-state index in [4.69, 9.17) is 32.7 Å². The third-order valence-corrected chi connectivity index (χ3v) is 3.81. The smallest absolute Gasteiger partial charge is 0.341 e. The van der Waals surface area contributed by atoms with E-state index in [1.54, 1.807) is 30.3 Å². The number of hydrogen-bond acceptors (Lipinski definition) is 4. The van der Waals surface area contributed by atoms with E-state index in [0.29, 0.717) is 11.4 Å². The average Bonchev–Trinajstić information content (AvgIpc) is 2.55. The number of anilines is 1. The first-order valence-electron chi connectivity index (χ1n) is 7.03. The summed E-state index contributed by atoms with van der Waals surface area (Å²) >= 11 is 11.9. The molecular formula is C17H15Cl2NO4. The van der Waals surface area contributed by atoms with E-state index < -0.39 is 18.0 Å². The van der Waals surface area contributed by atoms with Gasteiger partial charge in [0.25, 0.3) is 5.91 Å². The molecule has 24 heavy (non-hydrogen) atoms. The van der Waals surface area contributed by atoms with Crippen molar-refractivity contribution in [2.45, 2.75) is 13.0 Å². The van der Waals surface area contributed by atoms with Crippen molar-refractivity contribution < 1.29 is 19.1 Å². The largest absolute Gasteiger partial charge is 0.495 e. The molecule has 0 heterocycles. The Kier molecular flexibility index (Phi) is 6.06. The number of nitrogens with one attached hydrogen (secondary N) is 1. The van der Waals surface area contributed by atoms with Gasteiger partial charge in [0, 0.05) is 0 Å². The predicted octanol–water partition coefficient (Wildman–Crippen LogP) is 4.19. The maximum Gasteiger partial charge on any atom is 0.341 e. The van der Waals surface area contributed by atoms with Crippen molar-refractivity contribution in [3.63, 3.8) is 0 Å². The quantitative estimate of drug-likeness (QED) is 0.804. The molecule has 0 unspecified atom stereocenters. The molecule has 0 aliphatic carbocycles. The van der Waals surface area contributed by atoms with Crippen LogP contribution in [0.2, 0.25) is 10.0 Å². The highest BCUT2D eigenvalue weighted by atomic mass is 35.5. The van der Waals surface area contributed by atoms with Crippen molar-refractivity contribution in [1.29, 1.82) is 0 Å². The second kappa shape index (κ2) is 8.04.